The number of hydrogen-bond acceptors (Lipinski definition) is 3. The molecule has 0 saturated heterocycles. The number of nitrogens with two attached hydrogens (primary N) is 2. The average molecular weight is 152 g/mol. The number of allylic oxidation sites excluding steroid dienone is 2. The molecule has 5 N–H and O–H groups in total. The Bertz CT molecular complexity index is 249. The summed E-state index contributed by atoms with van der Waals surface area (Å²) in [5.74, 6) is 0.0652. The molecular formula is C8H12N2O. The number of rotatable bonds is 0. The smallest absolute Gasteiger partial charge is 0.138 e. The molecule has 0 radical (unpaired) electrons. The van der Waals surface area contributed by atoms with Crippen molar-refractivity contribution in [2.75, 3.05) is 0 Å². The first kappa shape index (κ1) is 7.88. The zero-order valence-electron chi connectivity index (χ0n) is 6.41. The van der Waals surface area contributed by atoms with E-state index in [4.69, 9.17) is 16.6 Å². The monoisotopic (exact) mass is 152 g/mol. The minimum Gasteiger partial charge on any atom is -0.506 e. The van der Waals surface area contributed by atoms with Crippen LogP contribution in [0.3, 0.4) is 0 Å². The number of hydrogen-bond donors (Lipinski definition) is 3. The van der Waals surface area contributed by atoms with Gasteiger partial charge >= 0.3 is 0 Å². The Morgan fingerprint density at radius 2 is 2.18 bits per heavy atom. The lowest BCUT2D eigenvalue weighted by Gasteiger charge is -2.14. The van der Waals surface area contributed by atoms with E-state index in [1.54, 1.807) is 18.2 Å². The fourth-order valence-corrected chi connectivity index (χ4v) is 0.900. The SMILES string of the molecule is CC1(N)C=CC=C(O)C(N)=C1. The molecule has 1 aliphatic rings. The molecule has 0 fully saturated rings. The Balaban J connectivity index is 3.03. The second-order valence-electron chi connectivity index (χ2n) is 2.88. The van der Waals surface area contributed by atoms with Gasteiger partial charge in [0.2, 0.25) is 0 Å². The quantitative estimate of drug-likeness (QED) is 0.475. The lowest BCUT2D eigenvalue weighted by molar-refractivity contribution is 0.421. The van der Waals surface area contributed by atoms with Gasteiger partial charge in [-0.15, -0.1) is 0 Å². The molecule has 0 aromatic heterocycles. The third-order valence-corrected chi connectivity index (χ3v) is 1.47. The van der Waals surface area contributed by atoms with Crippen LogP contribution in [-0.4, -0.2) is 10.6 Å². The van der Waals surface area contributed by atoms with Crippen LogP contribution in [0, 0.1) is 0 Å². The van der Waals surface area contributed by atoms with Crippen LogP contribution in [0.25, 0.3) is 0 Å². The Kier molecular flexibility index (Phi) is 1.74. The molecular weight excluding hydrogens is 140 g/mol. The fraction of sp³-hybridized carbons (Fsp3) is 0.250. The molecule has 0 aromatic carbocycles. The van der Waals surface area contributed by atoms with Crippen LogP contribution in [0.5, 0.6) is 0 Å². The highest BCUT2D eigenvalue weighted by Gasteiger charge is 2.14. The van der Waals surface area contributed by atoms with Gasteiger partial charge in [0.25, 0.3) is 0 Å². The van der Waals surface area contributed by atoms with Crippen LogP contribution >= 0.6 is 0 Å². The summed E-state index contributed by atoms with van der Waals surface area (Å²) in [7, 11) is 0. The predicted molar refractivity (Wildman–Crippen MR) is 44.7 cm³/mol. The molecule has 1 unspecified atom stereocenters. The molecule has 0 aliphatic heterocycles. The van der Waals surface area contributed by atoms with Gasteiger partial charge in [0, 0.05) is 0 Å². The van der Waals surface area contributed by atoms with Crippen molar-refractivity contribution in [1.29, 1.82) is 0 Å². The van der Waals surface area contributed by atoms with E-state index in [9.17, 15) is 0 Å². The van der Waals surface area contributed by atoms with Gasteiger partial charge in [0.05, 0.1) is 11.2 Å². The molecule has 60 valence electrons. The molecule has 0 amide bonds. The maximum Gasteiger partial charge on any atom is 0.138 e. The van der Waals surface area contributed by atoms with E-state index < -0.39 is 5.54 Å². The standard InChI is InChI=1S/C8H12N2O/c1-8(10)4-2-3-7(11)6(9)5-8/h2-5,11H,9-10H2,1H3. The lowest BCUT2D eigenvalue weighted by atomic mass is 10.0. The Morgan fingerprint density at radius 3 is 2.82 bits per heavy atom. The molecule has 0 bridgehead atoms. The highest BCUT2D eigenvalue weighted by molar-refractivity contribution is 5.35. The molecule has 1 atom stereocenters. The van der Waals surface area contributed by atoms with Gasteiger partial charge in [0.1, 0.15) is 5.76 Å². The molecule has 11 heavy (non-hydrogen) atoms. The van der Waals surface area contributed by atoms with E-state index >= 15 is 0 Å². The summed E-state index contributed by atoms with van der Waals surface area (Å²) < 4.78 is 0. The van der Waals surface area contributed by atoms with Crippen molar-refractivity contribution in [2.24, 2.45) is 11.5 Å². The van der Waals surface area contributed by atoms with Crippen LogP contribution in [0.1, 0.15) is 6.92 Å². The fourth-order valence-electron chi connectivity index (χ4n) is 0.900. The highest BCUT2D eigenvalue weighted by Crippen LogP contribution is 2.13. The topological polar surface area (TPSA) is 72.3 Å². The van der Waals surface area contributed by atoms with Crippen molar-refractivity contribution >= 4 is 0 Å². The highest BCUT2D eigenvalue weighted by atomic mass is 16.3. The van der Waals surface area contributed by atoms with E-state index in [0.29, 0.717) is 5.70 Å². The van der Waals surface area contributed by atoms with Crippen LogP contribution < -0.4 is 11.5 Å². The van der Waals surface area contributed by atoms with Crippen LogP contribution in [0.15, 0.2) is 35.8 Å². The van der Waals surface area contributed by atoms with E-state index in [2.05, 4.69) is 0 Å². The third-order valence-electron chi connectivity index (χ3n) is 1.47. The van der Waals surface area contributed by atoms with Crippen molar-refractivity contribution in [2.45, 2.75) is 12.5 Å². The summed E-state index contributed by atoms with van der Waals surface area (Å²) in [6.45, 7) is 1.81. The maximum atomic E-state index is 9.15. The van der Waals surface area contributed by atoms with Gasteiger partial charge in [-0.1, -0.05) is 12.2 Å². The van der Waals surface area contributed by atoms with Crippen molar-refractivity contribution < 1.29 is 5.11 Å². The first-order valence-corrected chi connectivity index (χ1v) is 3.37. The molecule has 1 rings (SSSR count). The van der Waals surface area contributed by atoms with Gasteiger partial charge in [-0.25, -0.2) is 0 Å². The summed E-state index contributed by atoms with van der Waals surface area (Å²) in [6, 6.07) is 0. The molecule has 0 heterocycles. The lowest BCUT2D eigenvalue weighted by Crippen LogP contribution is -2.31. The zero-order valence-corrected chi connectivity index (χ0v) is 6.41. The van der Waals surface area contributed by atoms with Crippen LogP contribution in [0.2, 0.25) is 0 Å². The summed E-state index contributed by atoms with van der Waals surface area (Å²) in [4.78, 5) is 0. The molecule has 3 heteroatoms. The van der Waals surface area contributed by atoms with E-state index in [1.807, 2.05) is 6.92 Å². The Morgan fingerprint density at radius 1 is 1.55 bits per heavy atom. The summed E-state index contributed by atoms with van der Waals surface area (Å²) in [5, 5.41) is 9.15. The first-order valence-electron chi connectivity index (χ1n) is 3.37. The molecule has 1 aliphatic carbocycles. The minimum absolute atomic E-state index is 0.0652. The van der Waals surface area contributed by atoms with Crippen molar-refractivity contribution in [3.8, 4) is 0 Å². The Hall–Kier alpha value is -1.22. The predicted octanol–water partition coefficient (Wildman–Crippen LogP) is 0.558. The molecule has 0 saturated carbocycles. The summed E-state index contributed by atoms with van der Waals surface area (Å²) >= 11 is 0. The molecule has 0 spiro atoms. The largest absolute Gasteiger partial charge is 0.506 e. The van der Waals surface area contributed by atoms with Crippen LogP contribution in [-0.2, 0) is 0 Å². The first-order chi connectivity index (χ1) is 5.01. The normalized spacial score (nSPS) is 30.7. The van der Waals surface area contributed by atoms with Gasteiger partial charge in [0.15, 0.2) is 0 Å². The molecule has 0 aromatic rings. The summed E-state index contributed by atoms with van der Waals surface area (Å²) in [6.07, 6.45) is 6.58. The number of aliphatic hydroxyl groups excluding tert-OH is 1. The van der Waals surface area contributed by atoms with Crippen molar-refractivity contribution in [3.05, 3.63) is 35.8 Å². The van der Waals surface area contributed by atoms with E-state index in [-0.39, 0.29) is 5.76 Å². The van der Waals surface area contributed by atoms with Gasteiger partial charge < -0.3 is 16.6 Å². The van der Waals surface area contributed by atoms with Crippen molar-refractivity contribution in [1.82, 2.24) is 0 Å². The van der Waals surface area contributed by atoms with E-state index in [0.717, 1.165) is 0 Å². The van der Waals surface area contributed by atoms with Crippen molar-refractivity contribution in [3.63, 3.8) is 0 Å². The second kappa shape index (κ2) is 2.43. The van der Waals surface area contributed by atoms with Gasteiger partial charge in [-0.05, 0) is 19.1 Å². The maximum absolute atomic E-state index is 9.15. The summed E-state index contributed by atoms with van der Waals surface area (Å²) in [5.41, 5.74) is 11.0. The van der Waals surface area contributed by atoms with E-state index in [1.165, 1.54) is 6.08 Å². The molecule has 3 nitrogen and oxygen atoms in total. The van der Waals surface area contributed by atoms with Gasteiger partial charge in [-0.3, -0.25) is 0 Å². The van der Waals surface area contributed by atoms with Crippen LogP contribution in [0.4, 0.5) is 0 Å². The Labute approximate surface area is 65.7 Å². The second-order valence-corrected chi connectivity index (χ2v) is 2.88. The third kappa shape index (κ3) is 1.85. The minimum atomic E-state index is -0.564. The van der Waals surface area contributed by atoms with Gasteiger partial charge in [-0.2, -0.15) is 0 Å². The average Bonchev–Trinajstić information content (AvgIpc) is 1.93. The number of aliphatic hydroxyl groups is 1. The zero-order chi connectivity index (χ0) is 8.48.